The van der Waals surface area contributed by atoms with E-state index in [1.807, 2.05) is 13.8 Å². The van der Waals surface area contributed by atoms with Gasteiger partial charge < -0.3 is 15.6 Å². The molecule has 3 heterocycles. The fraction of sp³-hybridized carbons (Fsp3) is 0.231. The first-order valence-corrected chi connectivity index (χ1v) is 7.09. The Kier molecular flexibility index (Phi) is 3.30. The molecule has 7 nitrogen and oxygen atoms in total. The predicted octanol–water partition coefficient (Wildman–Crippen LogP) is 1.81. The third kappa shape index (κ3) is 2.33. The van der Waals surface area contributed by atoms with Gasteiger partial charge in [-0.2, -0.15) is 5.10 Å². The van der Waals surface area contributed by atoms with Crippen molar-refractivity contribution in [2.24, 2.45) is 0 Å². The summed E-state index contributed by atoms with van der Waals surface area (Å²) < 4.78 is 4.71. The van der Waals surface area contributed by atoms with E-state index in [4.69, 9.17) is 10.3 Å². The lowest BCUT2D eigenvalue weighted by atomic mass is 10.1. The minimum Gasteiger partial charge on any atom is -0.397 e. The van der Waals surface area contributed by atoms with E-state index in [-0.39, 0.29) is 12.5 Å². The first-order chi connectivity index (χ1) is 10.1. The molecule has 3 rings (SSSR count). The number of nitrogens with zero attached hydrogens (tertiary/aromatic N) is 3. The average Bonchev–Trinajstić information content (AvgIpc) is 3.09. The zero-order valence-corrected chi connectivity index (χ0v) is 12.3. The number of carbonyl (C=O) groups is 1. The molecule has 0 atom stereocenters. The van der Waals surface area contributed by atoms with Crippen LogP contribution in [0.3, 0.4) is 0 Å². The molecule has 0 spiro atoms. The molecule has 8 heteroatoms. The zero-order valence-electron chi connectivity index (χ0n) is 11.5. The Morgan fingerprint density at radius 1 is 1.43 bits per heavy atom. The Morgan fingerprint density at radius 2 is 2.24 bits per heavy atom. The molecule has 21 heavy (non-hydrogen) atoms. The number of anilines is 1. The molecule has 0 bridgehead atoms. The summed E-state index contributed by atoms with van der Waals surface area (Å²) in [5.74, 6) is -0.254. The molecular formula is C13H13N5O2S. The van der Waals surface area contributed by atoms with Crippen LogP contribution in [-0.2, 0) is 6.54 Å². The minimum atomic E-state index is -0.254. The highest BCUT2D eigenvalue weighted by Gasteiger charge is 2.19. The first kappa shape index (κ1) is 13.5. The summed E-state index contributed by atoms with van der Waals surface area (Å²) >= 11 is 1.24. The van der Waals surface area contributed by atoms with E-state index >= 15 is 0 Å². The largest absolute Gasteiger partial charge is 0.397 e. The molecule has 1 amide bonds. The van der Waals surface area contributed by atoms with Gasteiger partial charge in [0.1, 0.15) is 21.7 Å². The third-order valence-electron chi connectivity index (χ3n) is 3.26. The Bertz CT molecular complexity index is 810. The number of rotatable bonds is 3. The number of aryl methyl sites for hydroxylation is 2. The summed E-state index contributed by atoms with van der Waals surface area (Å²) in [7, 11) is 0. The normalized spacial score (nSPS) is 11.0. The van der Waals surface area contributed by atoms with Crippen molar-refractivity contribution in [3.05, 3.63) is 34.2 Å². The van der Waals surface area contributed by atoms with Gasteiger partial charge in [0.2, 0.25) is 0 Å². The summed E-state index contributed by atoms with van der Waals surface area (Å²) in [6.45, 7) is 4.07. The quantitative estimate of drug-likeness (QED) is 0.764. The van der Waals surface area contributed by atoms with Gasteiger partial charge in [0.15, 0.2) is 0 Å². The Morgan fingerprint density at radius 3 is 2.95 bits per heavy atom. The number of carbonyl (C=O) groups excluding carboxylic acids is 1. The number of amides is 1. The molecular weight excluding hydrogens is 290 g/mol. The van der Waals surface area contributed by atoms with Crippen LogP contribution in [0.5, 0.6) is 0 Å². The van der Waals surface area contributed by atoms with Crippen LogP contribution >= 0.6 is 11.3 Å². The van der Waals surface area contributed by atoms with Crippen LogP contribution in [-0.4, -0.2) is 21.3 Å². The molecule has 0 aliphatic heterocycles. The molecule has 0 saturated carbocycles. The summed E-state index contributed by atoms with van der Waals surface area (Å²) in [6, 6.07) is 1.69. The molecule has 0 aliphatic rings. The number of thiophene rings is 1. The van der Waals surface area contributed by atoms with E-state index in [0.29, 0.717) is 21.1 Å². The smallest absolute Gasteiger partial charge is 0.263 e. The fourth-order valence-electron chi connectivity index (χ4n) is 1.99. The van der Waals surface area contributed by atoms with Crippen molar-refractivity contribution in [3.8, 4) is 0 Å². The Hall–Kier alpha value is -2.48. The second-order valence-electron chi connectivity index (χ2n) is 4.61. The van der Waals surface area contributed by atoms with Gasteiger partial charge in [0, 0.05) is 11.5 Å². The molecule has 108 valence electrons. The standard InChI is InChI=1S/C13H13N5O2S/c1-6-7(2)16-17-13-9(6)10(14)11(21-13)12(19)15-5-8-3-4-20-18-8/h3-4H,5,14H2,1-2H3,(H,15,19). The molecule has 0 saturated heterocycles. The van der Waals surface area contributed by atoms with E-state index in [9.17, 15) is 4.79 Å². The number of nitrogens with one attached hydrogen (secondary N) is 1. The van der Waals surface area contributed by atoms with Crippen LogP contribution in [0.2, 0.25) is 0 Å². The molecule has 0 fully saturated rings. The number of nitrogen functional groups attached to an aromatic ring is 1. The van der Waals surface area contributed by atoms with Crippen molar-refractivity contribution in [1.82, 2.24) is 20.7 Å². The molecule has 0 unspecified atom stereocenters. The van der Waals surface area contributed by atoms with Crippen molar-refractivity contribution in [1.29, 1.82) is 0 Å². The van der Waals surface area contributed by atoms with E-state index < -0.39 is 0 Å². The summed E-state index contributed by atoms with van der Waals surface area (Å²) in [5.41, 5.74) is 8.96. The lowest BCUT2D eigenvalue weighted by Gasteiger charge is -2.02. The van der Waals surface area contributed by atoms with Gasteiger partial charge in [-0.3, -0.25) is 4.79 Å². The number of hydrogen-bond acceptors (Lipinski definition) is 7. The van der Waals surface area contributed by atoms with Crippen LogP contribution in [0, 0.1) is 13.8 Å². The van der Waals surface area contributed by atoms with Crippen molar-refractivity contribution in [3.63, 3.8) is 0 Å². The van der Waals surface area contributed by atoms with Gasteiger partial charge >= 0.3 is 0 Å². The topological polar surface area (TPSA) is 107 Å². The molecule has 3 aromatic rings. The van der Waals surface area contributed by atoms with Crippen LogP contribution < -0.4 is 11.1 Å². The Balaban J connectivity index is 1.91. The van der Waals surface area contributed by atoms with Gasteiger partial charge in [-0.1, -0.05) is 5.16 Å². The fourth-order valence-corrected chi connectivity index (χ4v) is 3.01. The second-order valence-corrected chi connectivity index (χ2v) is 5.61. The Labute approximate surface area is 124 Å². The maximum Gasteiger partial charge on any atom is 0.263 e. The monoisotopic (exact) mass is 303 g/mol. The van der Waals surface area contributed by atoms with Gasteiger partial charge in [-0.25, -0.2) is 0 Å². The average molecular weight is 303 g/mol. The highest BCUT2D eigenvalue weighted by atomic mass is 32.1. The maximum atomic E-state index is 12.2. The lowest BCUT2D eigenvalue weighted by molar-refractivity contribution is 0.0955. The predicted molar refractivity (Wildman–Crippen MR) is 79.0 cm³/mol. The minimum absolute atomic E-state index is 0.254. The summed E-state index contributed by atoms with van der Waals surface area (Å²) in [6.07, 6.45) is 1.46. The van der Waals surface area contributed by atoms with Crippen molar-refractivity contribution in [2.45, 2.75) is 20.4 Å². The van der Waals surface area contributed by atoms with Crippen LogP contribution in [0.25, 0.3) is 10.2 Å². The maximum absolute atomic E-state index is 12.2. The summed E-state index contributed by atoms with van der Waals surface area (Å²) in [4.78, 5) is 13.3. The van der Waals surface area contributed by atoms with Crippen molar-refractivity contribution < 1.29 is 9.32 Å². The number of nitrogens with two attached hydrogens (primary N) is 1. The van der Waals surface area contributed by atoms with Crippen LogP contribution in [0.15, 0.2) is 16.9 Å². The second kappa shape index (κ2) is 5.13. The van der Waals surface area contributed by atoms with Gasteiger partial charge in [-0.15, -0.1) is 16.4 Å². The van der Waals surface area contributed by atoms with Crippen LogP contribution in [0.1, 0.15) is 26.6 Å². The van der Waals surface area contributed by atoms with E-state index in [1.165, 1.54) is 17.6 Å². The lowest BCUT2D eigenvalue weighted by Crippen LogP contribution is -2.22. The number of aromatic nitrogens is 3. The van der Waals surface area contributed by atoms with Crippen molar-refractivity contribution in [2.75, 3.05) is 5.73 Å². The van der Waals surface area contributed by atoms with Gasteiger partial charge in [0.25, 0.3) is 5.91 Å². The van der Waals surface area contributed by atoms with Crippen LogP contribution in [0.4, 0.5) is 5.69 Å². The SMILES string of the molecule is Cc1nnc2sc(C(=O)NCc3ccon3)c(N)c2c1C. The highest BCUT2D eigenvalue weighted by molar-refractivity contribution is 7.21. The molecule has 0 aromatic carbocycles. The van der Waals surface area contributed by atoms with E-state index in [2.05, 4.69) is 20.7 Å². The molecule has 3 N–H and O–H groups in total. The van der Waals surface area contributed by atoms with Crippen molar-refractivity contribution >= 4 is 33.1 Å². The third-order valence-corrected chi connectivity index (χ3v) is 4.35. The number of fused-ring (bicyclic) bond motifs is 1. The first-order valence-electron chi connectivity index (χ1n) is 6.27. The van der Waals surface area contributed by atoms with Gasteiger partial charge in [0.05, 0.1) is 17.9 Å². The summed E-state index contributed by atoms with van der Waals surface area (Å²) in [5, 5.41) is 15.5. The highest BCUT2D eigenvalue weighted by Crippen LogP contribution is 2.34. The number of hydrogen-bond donors (Lipinski definition) is 2. The molecule has 3 aromatic heterocycles. The van der Waals surface area contributed by atoms with E-state index in [1.54, 1.807) is 6.07 Å². The zero-order chi connectivity index (χ0) is 15.0. The van der Waals surface area contributed by atoms with E-state index in [0.717, 1.165) is 16.6 Å². The van der Waals surface area contributed by atoms with Gasteiger partial charge in [-0.05, 0) is 19.4 Å². The molecule has 0 radical (unpaired) electrons. The molecule has 0 aliphatic carbocycles.